The number of ether oxygens (including phenoxy) is 2. The molecule has 1 N–H and O–H groups in total. The molecule has 0 fully saturated rings. The summed E-state index contributed by atoms with van der Waals surface area (Å²) in [5.74, 6) is -0.387. The maximum Gasteiger partial charge on any atom is 0.333 e. The van der Waals surface area contributed by atoms with Crippen molar-refractivity contribution in [2.75, 3.05) is 26.5 Å². The Morgan fingerprint density at radius 1 is 1.53 bits per heavy atom. The van der Waals surface area contributed by atoms with E-state index in [0.29, 0.717) is 31.9 Å². The highest BCUT2D eigenvalue weighted by molar-refractivity contribution is 5.86. The van der Waals surface area contributed by atoms with Gasteiger partial charge in [-0.25, -0.2) is 4.79 Å². The number of rotatable bonds is 8. The van der Waals surface area contributed by atoms with Gasteiger partial charge in [-0.2, -0.15) is 5.26 Å². The second kappa shape index (κ2) is 9.19. The van der Waals surface area contributed by atoms with E-state index in [9.17, 15) is 4.79 Å². The first-order valence-corrected chi connectivity index (χ1v) is 4.66. The van der Waals surface area contributed by atoms with Crippen molar-refractivity contribution in [2.45, 2.75) is 13.3 Å². The Bertz CT molecular complexity index is 246. The topological polar surface area (TPSA) is 71.3 Å². The molecule has 0 aromatic rings. The lowest BCUT2D eigenvalue weighted by Gasteiger charge is -2.06. The van der Waals surface area contributed by atoms with Gasteiger partial charge in [0.2, 0.25) is 0 Å². The van der Waals surface area contributed by atoms with Crippen LogP contribution in [0.25, 0.3) is 0 Å². The minimum absolute atomic E-state index is 0.285. The molecule has 0 aromatic carbocycles. The molecular formula is C10H16N2O3. The summed E-state index contributed by atoms with van der Waals surface area (Å²) in [6, 6.07) is 1.97. The van der Waals surface area contributed by atoms with Gasteiger partial charge in [0.1, 0.15) is 6.61 Å². The molecule has 0 heterocycles. The third kappa shape index (κ3) is 8.94. The van der Waals surface area contributed by atoms with Gasteiger partial charge in [0, 0.05) is 12.1 Å². The first kappa shape index (κ1) is 13.6. The van der Waals surface area contributed by atoms with Gasteiger partial charge >= 0.3 is 5.97 Å². The molecular weight excluding hydrogens is 196 g/mol. The van der Waals surface area contributed by atoms with Crippen LogP contribution in [0.4, 0.5) is 0 Å². The molecule has 15 heavy (non-hydrogen) atoms. The van der Waals surface area contributed by atoms with E-state index >= 15 is 0 Å². The predicted octanol–water partition coefficient (Wildman–Crippen LogP) is 0.583. The van der Waals surface area contributed by atoms with Gasteiger partial charge in [-0.1, -0.05) is 6.58 Å². The van der Waals surface area contributed by atoms with Crippen molar-refractivity contribution in [3.63, 3.8) is 0 Å². The fraction of sp³-hybridized carbons (Fsp3) is 0.600. The third-order valence-corrected chi connectivity index (χ3v) is 1.42. The molecule has 0 bridgehead atoms. The summed E-state index contributed by atoms with van der Waals surface area (Å²) in [6.45, 7) is 6.62. The highest BCUT2D eigenvalue weighted by Gasteiger charge is 2.01. The molecule has 0 saturated heterocycles. The average Bonchev–Trinajstić information content (AvgIpc) is 2.21. The minimum Gasteiger partial charge on any atom is -0.461 e. The summed E-state index contributed by atoms with van der Waals surface area (Å²) < 4.78 is 9.86. The lowest BCUT2D eigenvalue weighted by atomic mass is 10.4. The van der Waals surface area contributed by atoms with Crippen LogP contribution in [0.15, 0.2) is 12.2 Å². The van der Waals surface area contributed by atoms with Gasteiger partial charge in [-0.05, 0) is 6.92 Å². The first-order valence-electron chi connectivity index (χ1n) is 4.66. The van der Waals surface area contributed by atoms with Crippen LogP contribution in [0, 0.1) is 11.3 Å². The Morgan fingerprint density at radius 2 is 2.27 bits per heavy atom. The quantitative estimate of drug-likeness (QED) is 0.276. The summed E-state index contributed by atoms with van der Waals surface area (Å²) in [5.41, 5.74) is 0.389. The smallest absolute Gasteiger partial charge is 0.333 e. The molecule has 0 saturated carbocycles. The number of nitrogens with zero attached hydrogens (tertiary/aromatic N) is 1. The van der Waals surface area contributed by atoms with E-state index in [2.05, 4.69) is 11.9 Å². The molecule has 0 amide bonds. The molecule has 0 spiro atoms. The molecule has 0 aliphatic carbocycles. The zero-order valence-electron chi connectivity index (χ0n) is 8.91. The zero-order valence-corrected chi connectivity index (χ0v) is 8.91. The van der Waals surface area contributed by atoms with Crippen molar-refractivity contribution in [3.05, 3.63) is 12.2 Å². The van der Waals surface area contributed by atoms with Crippen LogP contribution in [-0.2, 0) is 14.3 Å². The molecule has 0 aliphatic rings. The fourth-order valence-corrected chi connectivity index (χ4v) is 0.673. The van der Waals surface area contributed by atoms with E-state index < -0.39 is 0 Å². The second-order valence-electron chi connectivity index (χ2n) is 2.88. The fourth-order valence-electron chi connectivity index (χ4n) is 0.673. The number of hydrogen-bond acceptors (Lipinski definition) is 5. The van der Waals surface area contributed by atoms with Crippen LogP contribution in [-0.4, -0.2) is 32.5 Å². The highest BCUT2D eigenvalue weighted by atomic mass is 16.5. The highest BCUT2D eigenvalue weighted by Crippen LogP contribution is 1.90. The molecule has 0 unspecified atom stereocenters. The van der Waals surface area contributed by atoms with Crippen molar-refractivity contribution in [3.8, 4) is 6.07 Å². The van der Waals surface area contributed by atoms with E-state index in [1.165, 1.54) is 0 Å². The van der Waals surface area contributed by atoms with Crippen molar-refractivity contribution in [1.82, 2.24) is 5.32 Å². The lowest BCUT2D eigenvalue weighted by Crippen LogP contribution is -2.24. The summed E-state index contributed by atoms with van der Waals surface area (Å²) in [7, 11) is 0. The largest absolute Gasteiger partial charge is 0.461 e. The summed E-state index contributed by atoms with van der Waals surface area (Å²) in [6.07, 6.45) is 0.381. The molecule has 5 heteroatoms. The van der Waals surface area contributed by atoms with Gasteiger partial charge in [0.05, 0.1) is 25.8 Å². The molecule has 0 atom stereocenters. The lowest BCUT2D eigenvalue weighted by molar-refractivity contribution is -0.138. The Balaban J connectivity index is 3.15. The van der Waals surface area contributed by atoms with Crippen LogP contribution in [0.1, 0.15) is 13.3 Å². The third-order valence-electron chi connectivity index (χ3n) is 1.42. The van der Waals surface area contributed by atoms with Gasteiger partial charge in [-0.15, -0.1) is 0 Å². The van der Waals surface area contributed by atoms with Crippen molar-refractivity contribution in [1.29, 1.82) is 5.26 Å². The molecule has 0 aromatic heterocycles. The van der Waals surface area contributed by atoms with E-state index in [4.69, 9.17) is 14.7 Å². The van der Waals surface area contributed by atoms with Gasteiger partial charge < -0.3 is 9.47 Å². The van der Waals surface area contributed by atoms with Crippen LogP contribution in [0.5, 0.6) is 0 Å². The van der Waals surface area contributed by atoms with Gasteiger partial charge in [-0.3, -0.25) is 5.32 Å². The Hall–Kier alpha value is -1.38. The average molecular weight is 212 g/mol. The maximum atomic E-state index is 10.9. The van der Waals surface area contributed by atoms with Crippen LogP contribution < -0.4 is 5.32 Å². The summed E-state index contributed by atoms with van der Waals surface area (Å²) in [4.78, 5) is 10.9. The normalized spacial score (nSPS) is 9.33. The van der Waals surface area contributed by atoms with E-state index in [1.54, 1.807) is 6.92 Å². The maximum absolute atomic E-state index is 10.9. The van der Waals surface area contributed by atoms with Crippen molar-refractivity contribution >= 4 is 5.97 Å². The molecule has 84 valence electrons. The molecule has 0 radical (unpaired) electrons. The van der Waals surface area contributed by atoms with Crippen LogP contribution in [0.3, 0.4) is 0 Å². The van der Waals surface area contributed by atoms with Crippen molar-refractivity contribution < 1.29 is 14.3 Å². The second-order valence-corrected chi connectivity index (χ2v) is 2.88. The Morgan fingerprint density at radius 3 is 2.87 bits per heavy atom. The van der Waals surface area contributed by atoms with E-state index in [-0.39, 0.29) is 12.6 Å². The number of carbonyl (C=O) groups is 1. The predicted molar refractivity (Wildman–Crippen MR) is 54.8 cm³/mol. The number of carbonyl (C=O) groups excluding carboxylic acids is 1. The molecule has 0 rings (SSSR count). The molecule has 5 nitrogen and oxygen atoms in total. The monoisotopic (exact) mass is 212 g/mol. The number of esters is 1. The molecule has 0 aliphatic heterocycles. The summed E-state index contributed by atoms with van der Waals surface area (Å²) >= 11 is 0. The summed E-state index contributed by atoms with van der Waals surface area (Å²) in [5, 5.41) is 11.1. The first-order chi connectivity index (χ1) is 7.18. The Kier molecular flexibility index (Phi) is 8.34. The van der Waals surface area contributed by atoms with Crippen LogP contribution >= 0.6 is 0 Å². The van der Waals surface area contributed by atoms with Crippen LogP contribution in [0.2, 0.25) is 0 Å². The van der Waals surface area contributed by atoms with Crippen molar-refractivity contribution in [2.24, 2.45) is 0 Å². The Labute approximate surface area is 89.7 Å². The standard InChI is InChI=1S/C10H16N2O3/c1-9(2)10(13)15-7-5-12-8-14-6-3-4-11/h12H,1,3,5-8H2,2H3. The number of nitrogens with one attached hydrogen (secondary N) is 1. The zero-order chi connectivity index (χ0) is 11.5. The minimum atomic E-state index is -0.387. The number of hydrogen-bond donors (Lipinski definition) is 1. The van der Waals surface area contributed by atoms with E-state index in [0.717, 1.165) is 0 Å². The number of nitriles is 1. The van der Waals surface area contributed by atoms with E-state index in [1.807, 2.05) is 6.07 Å². The SMILES string of the molecule is C=C(C)C(=O)OCCNCOCCC#N. The van der Waals surface area contributed by atoms with Gasteiger partial charge in [0.25, 0.3) is 0 Å². The van der Waals surface area contributed by atoms with Gasteiger partial charge in [0.15, 0.2) is 0 Å².